The van der Waals surface area contributed by atoms with Gasteiger partial charge in [-0.25, -0.2) is 0 Å². The molecule has 0 aromatic carbocycles. The van der Waals surface area contributed by atoms with Crippen LogP contribution < -0.4 is 0 Å². The largest absolute Gasteiger partial charge is 0.414 e. The van der Waals surface area contributed by atoms with Crippen molar-refractivity contribution < 1.29 is 4.43 Å². The van der Waals surface area contributed by atoms with Crippen molar-refractivity contribution in [1.82, 2.24) is 0 Å². The maximum atomic E-state index is 6.71. The Kier molecular flexibility index (Phi) is 7.47. The van der Waals surface area contributed by atoms with Crippen LogP contribution in [0, 0.1) is 52.3 Å². The van der Waals surface area contributed by atoms with Crippen LogP contribution >= 0.6 is 0 Å². The highest BCUT2D eigenvalue weighted by atomic mass is 28.4. The first-order valence-corrected chi connectivity index (χ1v) is 18.2. The Morgan fingerprint density at radius 2 is 1.68 bits per heavy atom. The third-order valence-electron chi connectivity index (χ3n) is 11.6. The number of fused-ring (bicyclic) bond motifs is 5. The quantitative estimate of drug-likeness (QED) is 0.258. The zero-order valence-corrected chi connectivity index (χ0v) is 25.2. The molecule has 194 valence electrons. The SMILES string of the molecule is C=C(CCC(C)C1CCC2C3=CCC4C(C)C(O[Si](C)(C)C)CCC4(C)C3CCC21C)C(C)C. The van der Waals surface area contributed by atoms with E-state index in [9.17, 15) is 0 Å². The Balaban J connectivity index is 1.50. The highest BCUT2D eigenvalue weighted by Crippen LogP contribution is 2.67. The van der Waals surface area contributed by atoms with Gasteiger partial charge < -0.3 is 4.43 Å². The molecule has 9 unspecified atom stereocenters. The van der Waals surface area contributed by atoms with Gasteiger partial charge in [0.15, 0.2) is 8.32 Å². The van der Waals surface area contributed by atoms with Crippen LogP contribution in [0.4, 0.5) is 0 Å². The lowest BCUT2D eigenvalue weighted by molar-refractivity contribution is -0.0718. The van der Waals surface area contributed by atoms with Gasteiger partial charge in [0.1, 0.15) is 0 Å². The van der Waals surface area contributed by atoms with E-state index in [0.29, 0.717) is 28.8 Å². The molecule has 0 aromatic rings. The smallest absolute Gasteiger partial charge is 0.184 e. The second-order valence-electron chi connectivity index (χ2n) is 14.9. The van der Waals surface area contributed by atoms with E-state index in [1.54, 1.807) is 0 Å². The van der Waals surface area contributed by atoms with Crippen LogP contribution in [-0.4, -0.2) is 14.4 Å². The van der Waals surface area contributed by atoms with Gasteiger partial charge in [0.2, 0.25) is 0 Å². The zero-order valence-electron chi connectivity index (χ0n) is 24.2. The van der Waals surface area contributed by atoms with E-state index in [2.05, 4.69) is 73.8 Å². The summed E-state index contributed by atoms with van der Waals surface area (Å²) in [6, 6.07) is 0. The van der Waals surface area contributed by atoms with Crippen LogP contribution in [0.2, 0.25) is 19.6 Å². The molecule has 4 aliphatic rings. The summed E-state index contributed by atoms with van der Waals surface area (Å²) in [6.07, 6.45) is 15.6. The van der Waals surface area contributed by atoms with E-state index in [1.807, 2.05) is 5.57 Å². The van der Waals surface area contributed by atoms with Crippen molar-refractivity contribution in [3.63, 3.8) is 0 Å². The lowest BCUT2D eigenvalue weighted by atomic mass is 9.46. The van der Waals surface area contributed by atoms with E-state index >= 15 is 0 Å². The number of hydrogen-bond acceptors (Lipinski definition) is 1. The van der Waals surface area contributed by atoms with Gasteiger partial charge in [-0.3, -0.25) is 0 Å². The molecule has 0 aliphatic heterocycles. The van der Waals surface area contributed by atoms with Crippen molar-refractivity contribution in [3.05, 3.63) is 23.8 Å². The van der Waals surface area contributed by atoms with Gasteiger partial charge in [-0.2, -0.15) is 0 Å². The fraction of sp³-hybridized carbons (Fsp3) is 0.875. The minimum Gasteiger partial charge on any atom is -0.414 e. The highest BCUT2D eigenvalue weighted by Gasteiger charge is 2.59. The first-order valence-electron chi connectivity index (χ1n) is 14.8. The fourth-order valence-corrected chi connectivity index (χ4v) is 10.7. The van der Waals surface area contributed by atoms with Gasteiger partial charge in [-0.1, -0.05) is 65.3 Å². The Hall–Kier alpha value is -0.343. The van der Waals surface area contributed by atoms with Crippen molar-refractivity contribution in [2.24, 2.45) is 52.3 Å². The summed E-state index contributed by atoms with van der Waals surface area (Å²) in [5.74, 6) is 5.52. The standard InChI is InChI=1S/C32H56OSi/c1-21(2)22(3)11-12-23(4)26-15-16-28-25-13-14-27-24(5)30(33-34(8,9)10)18-20-32(27,7)29(25)17-19-31(26,28)6/h13,21,23-24,26-30H,3,11-12,14-20H2,1-2,4-10H3. The molecule has 1 nitrogen and oxygen atoms in total. The van der Waals surface area contributed by atoms with Crippen LogP contribution in [0.15, 0.2) is 23.8 Å². The molecule has 0 radical (unpaired) electrons. The number of rotatable bonds is 7. The normalized spacial score (nSPS) is 43.1. The molecule has 0 amide bonds. The van der Waals surface area contributed by atoms with Crippen molar-refractivity contribution in [3.8, 4) is 0 Å². The summed E-state index contributed by atoms with van der Waals surface area (Å²) in [5.41, 5.74) is 4.37. The molecule has 3 fully saturated rings. The van der Waals surface area contributed by atoms with Crippen molar-refractivity contribution in [2.45, 2.75) is 125 Å². The third-order valence-corrected chi connectivity index (χ3v) is 12.6. The number of hydrogen-bond donors (Lipinski definition) is 0. The lowest BCUT2D eigenvalue weighted by Crippen LogP contribution is -2.54. The lowest BCUT2D eigenvalue weighted by Gasteiger charge is -2.60. The Morgan fingerprint density at radius 3 is 2.32 bits per heavy atom. The topological polar surface area (TPSA) is 9.23 Å². The van der Waals surface area contributed by atoms with Gasteiger partial charge in [0, 0.05) is 6.10 Å². The summed E-state index contributed by atoms with van der Waals surface area (Å²) in [5, 5.41) is 0. The number of allylic oxidation sites excluding steroid dienone is 3. The molecule has 34 heavy (non-hydrogen) atoms. The predicted octanol–water partition coefficient (Wildman–Crippen LogP) is 9.66. The van der Waals surface area contributed by atoms with Crippen LogP contribution in [0.25, 0.3) is 0 Å². The molecule has 4 aliphatic carbocycles. The van der Waals surface area contributed by atoms with E-state index in [4.69, 9.17) is 4.43 Å². The second-order valence-corrected chi connectivity index (χ2v) is 19.3. The molecule has 4 rings (SSSR count). The van der Waals surface area contributed by atoms with Gasteiger partial charge in [0.25, 0.3) is 0 Å². The fourth-order valence-electron chi connectivity index (χ4n) is 9.43. The molecule has 9 atom stereocenters. The molecule has 0 aromatic heterocycles. The Bertz CT molecular complexity index is 789. The molecule has 0 N–H and O–H groups in total. The van der Waals surface area contributed by atoms with Gasteiger partial charge >= 0.3 is 0 Å². The van der Waals surface area contributed by atoms with Crippen LogP contribution in [0.3, 0.4) is 0 Å². The summed E-state index contributed by atoms with van der Waals surface area (Å²) < 4.78 is 6.71. The Labute approximate surface area is 213 Å². The Morgan fingerprint density at radius 1 is 1.03 bits per heavy atom. The zero-order chi connectivity index (χ0) is 25.1. The van der Waals surface area contributed by atoms with E-state index in [0.717, 1.165) is 29.6 Å². The second kappa shape index (κ2) is 9.51. The predicted molar refractivity (Wildman–Crippen MR) is 150 cm³/mol. The highest BCUT2D eigenvalue weighted by molar-refractivity contribution is 6.69. The monoisotopic (exact) mass is 484 g/mol. The average molecular weight is 485 g/mol. The molecule has 0 bridgehead atoms. The van der Waals surface area contributed by atoms with Crippen LogP contribution in [0.1, 0.15) is 99.3 Å². The van der Waals surface area contributed by atoms with Gasteiger partial charge in [0.05, 0.1) is 0 Å². The summed E-state index contributed by atoms with van der Waals surface area (Å²) in [6.45, 7) is 26.5. The summed E-state index contributed by atoms with van der Waals surface area (Å²) in [4.78, 5) is 0. The molecule has 3 saturated carbocycles. The molecule has 0 spiro atoms. The maximum absolute atomic E-state index is 6.71. The van der Waals surface area contributed by atoms with E-state index < -0.39 is 8.32 Å². The van der Waals surface area contributed by atoms with Crippen LogP contribution in [-0.2, 0) is 4.43 Å². The van der Waals surface area contributed by atoms with Gasteiger partial charge in [-0.15, -0.1) is 0 Å². The van der Waals surface area contributed by atoms with Crippen LogP contribution in [0.5, 0.6) is 0 Å². The van der Waals surface area contributed by atoms with Crippen molar-refractivity contribution in [2.75, 3.05) is 0 Å². The average Bonchev–Trinajstić information content (AvgIpc) is 3.10. The minimum atomic E-state index is -1.49. The first-order chi connectivity index (χ1) is 15.8. The molecule has 0 heterocycles. The van der Waals surface area contributed by atoms with E-state index in [1.165, 1.54) is 63.4 Å². The third kappa shape index (κ3) is 4.69. The minimum absolute atomic E-state index is 0.489. The first kappa shape index (κ1) is 26.7. The summed E-state index contributed by atoms with van der Waals surface area (Å²) >= 11 is 0. The van der Waals surface area contributed by atoms with Gasteiger partial charge in [-0.05, 0) is 130 Å². The molecule has 2 heteroatoms. The van der Waals surface area contributed by atoms with Crippen molar-refractivity contribution >= 4 is 8.32 Å². The van der Waals surface area contributed by atoms with Crippen molar-refractivity contribution in [1.29, 1.82) is 0 Å². The molecule has 0 saturated heterocycles. The maximum Gasteiger partial charge on any atom is 0.184 e. The summed E-state index contributed by atoms with van der Waals surface area (Å²) in [7, 11) is -1.49. The molecular weight excluding hydrogens is 428 g/mol. The molecular formula is C32H56OSi. The van der Waals surface area contributed by atoms with E-state index in [-0.39, 0.29) is 0 Å².